The molecule has 0 N–H and O–H groups in total. The number of ether oxygens (including phenoxy) is 2. The third-order valence-corrected chi connectivity index (χ3v) is 4.86. The molecule has 0 heterocycles. The van der Waals surface area contributed by atoms with Crippen LogP contribution in [0.2, 0.25) is 0 Å². The molecule has 0 saturated carbocycles. The molecule has 0 bridgehead atoms. The van der Waals surface area contributed by atoms with Crippen LogP contribution in [0, 0.1) is 0 Å². The fourth-order valence-corrected chi connectivity index (χ4v) is 3.25. The van der Waals surface area contributed by atoms with E-state index in [1.54, 1.807) is 26.2 Å². The van der Waals surface area contributed by atoms with Crippen molar-refractivity contribution in [1.82, 2.24) is 4.90 Å². The Balaban J connectivity index is 1.69. The first-order valence-electron chi connectivity index (χ1n) is 9.17. The number of likely N-dealkylation sites (N-methyl/N-ethyl adjacent to an activating group) is 2. The summed E-state index contributed by atoms with van der Waals surface area (Å²) in [6.07, 6.45) is 0. The molecule has 5 nitrogen and oxygen atoms in total. The van der Waals surface area contributed by atoms with Crippen molar-refractivity contribution >= 4 is 22.4 Å². The van der Waals surface area contributed by atoms with Gasteiger partial charge in [0, 0.05) is 31.9 Å². The van der Waals surface area contributed by atoms with Crippen molar-refractivity contribution in [2.75, 3.05) is 39.8 Å². The Hall–Kier alpha value is -3.21. The number of methoxy groups -OCH3 is 2. The first-order valence-corrected chi connectivity index (χ1v) is 9.17. The van der Waals surface area contributed by atoms with Gasteiger partial charge in [-0.05, 0) is 29.0 Å². The smallest absolute Gasteiger partial charge is 0.242 e. The predicted molar refractivity (Wildman–Crippen MR) is 113 cm³/mol. The first-order chi connectivity index (χ1) is 13.5. The minimum absolute atomic E-state index is 0.0283. The molecule has 0 aliphatic carbocycles. The third kappa shape index (κ3) is 4.19. The van der Waals surface area contributed by atoms with Gasteiger partial charge in [-0.3, -0.25) is 4.79 Å². The molecule has 0 atom stereocenters. The molecular weight excluding hydrogens is 352 g/mol. The Bertz CT molecular complexity index is 971. The minimum Gasteiger partial charge on any atom is -0.493 e. The summed E-state index contributed by atoms with van der Waals surface area (Å²) in [5.41, 5.74) is 1.92. The summed E-state index contributed by atoms with van der Waals surface area (Å²) < 4.78 is 10.8. The number of anilines is 1. The van der Waals surface area contributed by atoms with Crippen molar-refractivity contribution in [3.63, 3.8) is 0 Å². The zero-order chi connectivity index (χ0) is 20.1. The molecule has 0 aliphatic heterocycles. The molecule has 3 aromatic carbocycles. The lowest BCUT2D eigenvalue weighted by Gasteiger charge is -2.24. The van der Waals surface area contributed by atoms with Crippen molar-refractivity contribution in [2.24, 2.45) is 0 Å². The van der Waals surface area contributed by atoms with E-state index < -0.39 is 0 Å². The van der Waals surface area contributed by atoms with E-state index >= 15 is 0 Å². The number of hydrogen-bond donors (Lipinski definition) is 0. The second-order valence-electron chi connectivity index (χ2n) is 6.79. The van der Waals surface area contributed by atoms with Crippen LogP contribution in [0.3, 0.4) is 0 Å². The average Bonchev–Trinajstić information content (AvgIpc) is 2.72. The minimum atomic E-state index is 0.0283. The van der Waals surface area contributed by atoms with Gasteiger partial charge in [-0.1, -0.05) is 42.5 Å². The molecule has 28 heavy (non-hydrogen) atoms. The average molecular weight is 378 g/mol. The SMILES string of the molecule is COc1cccc(CN(C)C(=O)CN(C)c2ccc3ccccc3c2)c1OC. The summed E-state index contributed by atoms with van der Waals surface area (Å²) in [6.45, 7) is 0.742. The van der Waals surface area contributed by atoms with Crippen molar-refractivity contribution in [1.29, 1.82) is 0 Å². The van der Waals surface area contributed by atoms with Gasteiger partial charge in [0.15, 0.2) is 11.5 Å². The maximum Gasteiger partial charge on any atom is 0.242 e. The highest BCUT2D eigenvalue weighted by atomic mass is 16.5. The lowest BCUT2D eigenvalue weighted by molar-refractivity contribution is -0.128. The van der Waals surface area contributed by atoms with E-state index in [1.807, 2.05) is 48.3 Å². The normalized spacial score (nSPS) is 10.6. The fraction of sp³-hybridized carbons (Fsp3) is 0.261. The summed E-state index contributed by atoms with van der Waals surface area (Å²) in [5, 5.41) is 2.35. The van der Waals surface area contributed by atoms with Gasteiger partial charge in [-0.15, -0.1) is 0 Å². The highest BCUT2D eigenvalue weighted by molar-refractivity contribution is 5.87. The van der Waals surface area contributed by atoms with E-state index in [9.17, 15) is 4.79 Å². The van der Waals surface area contributed by atoms with Gasteiger partial charge in [0.05, 0.1) is 20.8 Å². The van der Waals surface area contributed by atoms with E-state index in [0.717, 1.165) is 16.6 Å². The second kappa shape index (κ2) is 8.65. The van der Waals surface area contributed by atoms with Gasteiger partial charge in [-0.2, -0.15) is 0 Å². The van der Waals surface area contributed by atoms with Crippen LogP contribution in [0.25, 0.3) is 10.8 Å². The summed E-state index contributed by atoms with van der Waals surface area (Å²) in [7, 11) is 6.95. The zero-order valence-corrected chi connectivity index (χ0v) is 16.8. The van der Waals surface area contributed by atoms with Crippen LogP contribution in [0.5, 0.6) is 11.5 Å². The zero-order valence-electron chi connectivity index (χ0n) is 16.8. The summed E-state index contributed by atoms with van der Waals surface area (Å²) in [4.78, 5) is 16.4. The van der Waals surface area contributed by atoms with Gasteiger partial charge in [0.2, 0.25) is 5.91 Å². The van der Waals surface area contributed by atoms with Gasteiger partial charge in [0.1, 0.15) is 0 Å². The van der Waals surface area contributed by atoms with E-state index in [0.29, 0.717) is 24.6 Å². The number of para-hydroxylation sites is 1. The highest BCUT2D eigenvalue weighted by Gasteiger charge is 2.16. The highest BCUT2D eigenvalue weighted by Crippen LogP contribution is 2.31. The Kier molecular flexibility index (Phi) is 6.04. The topological polar surface area (TPSA) is 42.0 Å². The molecule has 0 spiro atoms. The van der Waals surface area contributed by atoms with Crippen LogP contribution in [0.15, 0.2) is 60.7 Å². The van der Waals surface area contributed by atoms with Crippen molar-refractivity contribution in [3.8, 4) is 11.5 Å². The fourth-order valence-electron chi connectivity index (χ4n) is 3.25. The number of benzene rings is 3. The number of amides is 1. The maximum absolute atomic E-state index is 12.8. The van der Waals surface area contributed by atoms with Crippen LogP contribution in [0.4, 0.5) is 5.69 Å². The molecule has 1 amide bonds. The van der Waals surface area contributed by atoms with Gasteiger partial charge in [-0.25, -0.2) is 0 Å². The van der Waals surface area contributed by atoms with Crippen LogP contribution in [0.1, 0.15) is 5.56 Å². The molecule has 0 unspecified atom stereocenters. The summed E-state index contributed by atoms with van der Waals surface area (Å²) >= 11 is 0. The lowest BCUT2D eigenvalue weighted by atomic mass is 10.1. The number of nitrogens with zero attached hydrogens (tertiary/aromatic N) is 2. The number of rotatable bonds is 7. The standard InChI is InChI=1S/C23H26N2O3/c1-24(20-13-12-17-8-5-6-9-18(17)14-20)16-22(26)25(2)15-19-10-7-11-21(27-3)23(19)28-4/h5-14H,15-16H2,1-4H3. The molecule has 0 aromatic heterocycles. The van der Waals surface area contributed by atoms with Crippen LogP contribution in [-0.4, -0.2) is 45.7 Å². The van der Waals surface area contributed by atoms with E-state index in [1.165, 1.54) is 5.39 Å². The Morgan fingerprint density at radius 2 is 1.64 bits per heavy atom. The van der Waals surface area contributed by atoms with E-state index in [2.05, 4.69) is 24.3 Å². The molecular formula is C23H26N2O3. The molecule has 3 rings (SSSR count). The summed E-state index contributed by atoms with van der Waals surface area (Å²) in [6, 6.07) is 20.1. The van der Waals surface area contributed by atoms with Gasteiger partial charge in [0.25, 0.3) is 0 Å². The van der Waals surface area contributed by atoms with E-state index in [-0.39, 0.29) is 5.91 Å². The molecule has 5 heteroatoms. The van der Waals surface area contributed by atoms with Crippen molar-refractivity contribution < 1.29 is 14.3 Å². The van der Waals surface area contributed by atoms with Crippen LogP contribution in [-0.2, 0) is 11.3 Å². The van der Waals surface area contributed by atoms with Crippen molar-refractivity contribution in [3.05, 3.63) is 66.2 Å². The van der Waals surface area contributed by atoms with Crippen LogP contribution >= 0.6 is 0 Å². The second-order valence-corrected chi connectivity index (χ2v) is 6.79. The number of hydrogen-bond acceptors (Lipinski definition) is 4. The number of fused-ring (bicyclic) bond motifs is 1. The molecule has 0 radical (unpaired) electrons. The molecule has 3 aromatic rings. The molecule has 0 saturated heterocycles. The maximum atomic E-state index is 12.8. The van der Waals surface area contributed by atoms with E-state index in [4.69, 9.17) is 9.47 Å². The first kappa shape index (κ1) is 19.5. The Morgan fingerprint density at radius 1 is 0.893 bits per heavy atom. The van der Waals surface area contributed by atoms with Crippen molar-refractivity contribution in [2.45, 2.75) is 6.54 Å². The molecule has 146 valence electrons. The third-order valence-electron chi connectivity index (χ3n) is 4.86. The summed E-state index contributed by atoms with van der Waals surface area (Å²) in [5.74, 6) is 1.35. The van der Waals surface area contributed by atoms with Crippen LogP contribution < -0.4 is 14.4 Å². The lowest BCUT2D eigenvalue weighted by Crippen LogP contribution is -2.36. The monoisotopic (exact) mass is 378 g/mol. The molecule has 0 aliphatic rings. The van der Waals surface area contributed by atoms with Gasteiger partial charge < -0.3 is 19.3 Å². The predicted octanol–water partition coefficient (Wildman–Crippen LogP) is 3.95. The Morgan fingerprint density at radius 3 is 2.36 bits per heavy atom. The quantitative estimate of drug-likeness (QED) is 0.624. The van der Waals surface area contributed by atoms with Gasteiger partial charge >= 0.3 is 0 Å². The number of carbonyl (C=O) groups excluding carboxylic acids is 1. The number of carbonyl (C=O) groups is 1. The largest absolute Gasteiger partial charge is 0.493 e. The Labute approximate surface area is 166 Å². The molecule has 0 fully saturated rings.